The smallest absolute Gasteiger partial charge is 0.269 e. The number of hydrogen-bond acceptors (Lipinski definition) is 5. The van der Waals surface area contributed by atoms with Crippen molar-refractivity contribution in [1.82, 2.24) is 15.2 Å². The number of hydrazine groups is 1. The molecule has 9 nitrogen and oxygen atoms in total. The standard InChI is InChI=1S/C25H28N4O5S/c30-23-15-20(16-29(23)21-9-6-17-4-3-5-19(17)14-21)25(32)27-26-24(31)18-7-10-22(11-8-18)35(33,34)28-12-1-2-13-28/h6-11,14,20H,1-5,12-13,15-16H2,(H,26,31)(H,27,32). The Bertz CT molecular complexity index is 1270. The lowest BCUT2D eigenvalue weighted by atomic mass is 10.1. The van der Waals surface area contributed by atoms with Gasteiger partial charge >= 0.3 is 0 Å². The summed E-state index contributed by atoms with van der Waals surface area (Å²) in [7, 11) is -3.56. The van der Waals surface area contributed by atoms with E-state index in [1.54, 1.807) is 4.90 Å². The number of nitrogens with one attached hydrogen (secondary N) is 2. The molecule has 10 heteroatoms. The van der Waals surface area contributed by atoms with E-state index in [0.717, 1.165) is 37.8 Å². The summed E-state index contributed by atoms with van der Waals surface area (Å²) in [5.74, 6) is -1.71. The third kappa shape index (κ3) is 4.68. The van der Waals surface area contributed by atoms with Gasteiger partial charge in [0.15, 0.2) is 0 Å². The highest BCUT2D eigenvalue weighted by Gasteiger charge is 2.35. The minimum absolute atomic E-state index is 0.0713. The molecule has 0 aromatic heterocycles. The summed E-state index contributed by atoms with van der Waals surface area (Å²) in [4.78, 5) is 39.4. The Labute approximate surface area is 204 Å². The average Bonchev–Trinajstić information content (AvgIpc) is 3.63. The van der Waals surface area contributed by atoms with Gasteiger partial charge in [-0.2, -0.15) is 4.31 Å². The summed E-state index contributed by atoms with van der Waals surface area (Å²) < 4.78 is 26.7. The number of amides is 3. The molecule has 1 atom stereocenters. The molecule has 1 aliphatic carbocycles. The van der Waals surface area contributed by atoms with Gasteiger partial charge < -0.3 is 4.90 Å². The van der Waals surface area contributed by atoms with Gasteiger partial charge in [0, 0.05) is 37.3 Å². The van der Waals surface area contributed by atoms with E-state index in [-0.39, 0.29) is 29.3 Å². The van der Waals surface area contributed by atoms with Crippen LogP contribution in [0.2, 0.25) is 0 Å². The summed E-state index contributed by atoms with van der Waals surface area (Å²) in [6, 6.07) is 11.6. The molecule has 35 heavy (non-hydrogen) atoms. The molecule has 5 rings (SSSR count). The molecular weight excluding hydrogens is 468 g/mol. The Hall–Kier alpha value is -3.24. The average molecular weight is 497 g/mol. The van der Waals surface area contributed by atoms with Crippen molar-refractivity contribution in [3.8, 4) is 0 Å². The van der Waals surface area contributed by atoms with Crippen LogP contribution >= 0.6 is 0 Å². The zero-order valence-electron chi connectivity index (χ0n) is 19.3. The van der Waals surface area contributed by atoms with Crippen LogP contribution in [-0.4, -0.2) is 50.1 Å². The van der Waals surface area contributed by atoms with E-state index in [9.17, 15) is 22.8 Å². The first-order valence-electron chi connectivity index (χ1n) is 12.0. The fourth-order valence-electron chi connectivity index (χ4n) is 5.01. The number of anilines is 1. The SMILES string of the molecule is O=C(NNC(=O)C1CC(=O)N(c2ccc3c(c2)CCC3)C1)c1ccc(S(=O)(=O)N2CCCC2)cc1. The Morgan fingerprint density at radius 3 is 2.34 bits per heavy atom. The van der Waals surface area contributed by atoms with Crippen LogP contribution in [0.4, 0.5) is 5.69 Å². The fraction of sp³-hybridized carbons (Fsp3) is 0.400. The number of carbonyl (C=O) groups excluding carboxylic acids is 3. The zero-order chi connectivity index (χ0) is 24.6. The van der Waals surface area contributed by atoms with Gasteiger partial charge in [0.2, 0.25) is 21.8 Å². The van der Waals surface area contributed by atoms with Crippen LogP contribution in [0.5, 0.6) is 0 Å². The van der Waals surface area contributed by atoms with Crippen molar-refractivity contribution in [1.29, 1.82) is 0 Å². The van der Waals surface area contributed by atoms with E-state index >= 15 is 0 Å². The van der Waals surface area contributed by atoms with E-state index in [1.807, 2.05) is 12.1 Å². The largest absolute Gasteiger partial charge is 0.312 e. The van der Waals surface area contributed by atoms with Crippen LogP contribution in [-0.2, 0) is 32.5 Å². The Morgan fingerprint density at radius 1 is 0.886 bits per heavy atom. The van der Waals surface area contributed by atoms with Gasteiger partial charge in [-0.1, -0.05) is 6.07 Å². The van der Waals surface area contributed by atoms with E-state index in [4.69, 9.17) is 0 Å². The van der Waals surface area contributed by atoms with E-state index in [2.05, 4.69) is 16.9 Å². The molecular formula is C25H28N4O5S. The van der Waals surface area contributed by atoms with Gasteiger partial charge in [0.05, 0.1) is 10.8 Å². The van der Waals surface area contributed by atoms with Gasteiger partial charge in [-0.05, 0) is 79.6 Å². The summed E-state index contributed by atoms with van der Waals surface area (Å²) >= 11 is 0. The molecule has 184 valence electrons. The Balaban J connectivity index is 1.17. The molecule has 2 aromatic carbocycles. The van der Waals surface area contributed by atoms with Crippen molar-refractivity contribution >= 4 is 33.4 Å². The molecule has 2 saturated heterocycles. The molecule has 3 aliphatic rings. The maximum atomic E-state index is 12.6. The van der Waals surface area contributed by atoms with E-state index in [0.29, 0.717) is 13.1 Å². The highest BCUT2D eigenvalue weighted by molar-refractivity contribution is 7.89. The van der Waals surface area contributed by atoms with Crippen molar-refractivity contribution in [2.75, 3.05) is 24.5 Å². The molecule has 0 bridgehead atoms. The maximum absolute atomic E-state index is 12.6. The predicted molar refractivity (Wildman–Crippen MR) is 129 cm³/mol. The molecule has 2 N–H and O–H groups in total. The van der Waals surface area contributed by atoms with Gasteiger partial charge in [0.25, 0.3) is 5.91 Å². The van der Waals surface area contributed by atoms with Crippen LogP contribution in [0, 0.1) is 5.92 Å². The lowest BCUT2D eigenvalue weighted by molar-refractivity contribution is -0.126. The van der Waals surface area contributed by atoms with E-state index in [1.165, 1.54) is 39.7 Å². The van der Waals surface area contributed by atoms with Gasteiger partial charge in [-0.3, -0.25) is 25.2 Å². The molecule has 2 heterocycles. The fourth-order valence-corrected chi connectivity index (χ4v) is 6.52. The minimum Gasteiger partial charge on any atom is -0.312 e. The number of nitrogens with zero attached hydrogens (tertiary/aromatic N) is 2. The van der Waals surface area contributed by atoms with Crippen molar-refractivity contribution in [2.24, 2.45) is 5.92 Å². The third-order valence-corrected chi connectivity index (χ3v) is 8.92. The highest BCUT2D eigenvalue weighted by Crippen LogP contribution is 2.30. The second kappa shape index (κ2) is 9.43. The van der Waals surface area contributed by atoms with Crippen LogP contribution < -0.4 is 15.8 Å². The summed E-state index contributed by atoms with van der Waals surface area (Å²) in [5.41, 5.74) is 8.36. The number of rotatable bonds is 5. The molecule has 1 unspecified atom stereocenters. The normalized spacial score (nSPS) is 20.2. The first-order chi connectivity index (χ1) is 16.8. The second-order valence-electron chi connectivity index (χ2n) is 9.29. The van der Waals surface area contributed by atoms with Gasteiger partial charge in [0.1, 0.15) is 0 Å². The van der Waals surface area contributed by atoms with Crippen molar-refractivity contribution in [3.05, 3.63) is 59.2 Å². The number of aryl methyl sites for hydroxylation is 2. The van der Waals surface area contributed by atoms with Crippen LogP contribution in [0.15, 0.2) is 47.4 Å². The first-order valence-corrected chi connectivity index (χ1v) is 13.4. The maximum Gasteiger partial charge on any atom is 0.269 e. The number of fused-ring (bicyclic) bond motifs is 1. The van der Waals surface area contributed by atoms with Gasteiger partial charge in [-0.15, -0.1) is 0 Å². The molecule has 0 saturated carbocycles. The number of sulfonamides is 1. The molecule has 3 amide bonds. The lowest BCUT2D eigenvalue weighted by Crippen LogP contribution is -2.45. The first kappa shape index (κ1) is 23.5. The second-order valence-corrected chi connectivity index (χ2v) is 11.2. The summed E-state index contributed by atoms with van der Waals surface area (Å²) in [5, 5.41) is 0. The van der Waals surface area contributed by atoms with Crippen LogP contribution in [0.1, 0.15) is 47.2 Å². The molecule has 0 radical (unpaired) electrons. The number of hydrogen-bond donors (Lipinski definition) is 2. The molecule has 2 fully saturated rings. The number of benzene rings is 2. The van der Waals surface area contributed by atoms with E-state index < -0.39 is 27.8 Å². The Kier molecular flexibility index (Phi) is 6.33. The monoisotopic (exact) mass is 496 g/mol. The van der Waals surface area contributed by atoms with Crippen molar-refractivity contribution in [3.63, 3.8) is 0 Å². The quantitative estimate of drug-likeness (QED) is 0.612. The topological polar surface area (TPSA) is 116 Å². The summed E-state index contributed by atoms with van der Waals surface area (Å²) in [6.45, 7) is 1.26. The molecule has 2 aliphatic heterocycles. The predicted octanol–water partition coefficient (Wildman–Crippen LogP) is 1.77. The highest BCUT2D eigenvalue weighted by atomic mass is 32.2. The van der Waals surface area contributed by atoms with Crippen molar-refractivity contribution < 1.29 is 22.8 Å². The van der Waals surface area contributed by atoms with Crippen LogP contribution in [0.3, 0.4) is 0 Å². The molecule has 0 spiro atoms. The minimum atomic E-state index is -3.56. The lowest BCUT2D eigenvalue weighted by Gasteiger charge is -2.18. The number of carbonyl (C=O) groups is 3. The zero-order valence-corrected chi connectivity index (χ0v) is 20.1. The molecule has 2 aromatic rings. The summed E-state index contributed by atoms with van der Waals surface area (Å²) in [6.07, 6.45) is 4.95. The van der Waals surface area contributed by atoms with Gasteiger partial charge in [-0.25, -0.2) is 8.42 Å². The van der Waals surface area contributed by atoms with Crippen LogP contribution in [0.25, 0.3) is 0 Å². The Morgan fingerprint density at radius 2 is 1.60 bits per heavy atom. The third-order valence-electron chi connectivity index (χ3n) is 7.01. The van der Waals surface area contributed by atoms with Crippen molar-refractivity contribution in [2.45, 2.75) is 43.4 Å².